The Morgan fingerprint density at radius 3 is 1.86 bits per heavy atom. The monoisotopic (exact) mass is 238 g/mol. The Bertz CT molecular complexity index is 200. The number of allylic oxidation sites excluding steroid dienone is 3. The molecular weight excluding hydrogens is 230 g/mol. The predicted octanol–water partition coefficient (Wildman–Crippen LogP) is -5.79. The molecule has 0 aliphatic carbocycles. The Balaban J connectivity index is -0.0000000733. The summed E-state index contributed by atoms with van der Waals surface area (Å²) in [6.07, 6.45) is 5.98. The van der Waals surface area contributed by atoms with Crippen molar-refractivity contribution in [3.8, 4) is 0 Å². The van der Waals surface area contributed by atoms with Crippen LogP contribution in [0.25, 0.3) is 0 Å². The Labute approximate surface area is 129 Å². The first-order chi connectivity index (χ1) is 5.50. The van der Waals surface area contributed by atoms with Gasteiger partial charge in [0, 0.05) is 6.08 Å². The van der Waals surface area contributed by atoms with Crippen LogP contribution in [0.3, 0.4) is 0 Å². The molecule has 0 spiro atoms. The van der Waals surface area contributed by atoms with Gasteiger partial charge in [0.15, 0.2) is 0 Å². The summed E-state index contributed by atoms with van der Waals surface area (Å²) in [7, 11) is 0. The zero-order valence-corrected chi connectivity index (χ0v) is 13.1. The summed E-state index contributed by atoms with van der Waals surface area (Å²) in [6, 6.07) is 0. The summed E-state index contributed by atoms with van der Waals surface area (Å²) in [6.45, 7) is 1.83. The van der Waals surface area contributed by atoms with Crippen LogP contribution in [0.5, 0.6) is 0 Å². The second-order valence-corrected chi connectivity index (χ2v) is 1.84. The molecule has 0 unspecified atom stereocenters. The molecule has 0 radical (unpaired) electrons. The molecule has 0 fully saturated rings. The summed E-state index contributed by atoms with van der Waals surface area (Å²) in [5.74, 6) is -0.914. The van der Waals surface area contributed by atoms with Crippen molar-refractivity contribution >= 4 is 17.3 Å². The van der Waals surface area contributed by atoms with E-state index >= 15 is 0 Å². The van der Waals surface area contributed by atoms with Crippen molar-refractivity contribution in [2.24, 2.45) is 0 Å². The van der Waals surface area contributed by atoms with E-state index in [0.29, 0.717) is 0 Å². The molecule has 5 nitrogen and oxygen atoms in total. The fourth-order valence-corrected chi connectivity index (χ4v) is 0.249. The van der Waals surface area contributed by atoms with Crippen LogP contribution >= 0.6 is 0 Å². The van der Waals surface area contributed by atoms with E-state index in [-0.39, 0.29) is 59.1 Å². The molecule has 0 amide bonds. The molecule has 0 heterocycles. The first-order valence-electron chi connectivity index (χ1n) is 2.79. The molecule has 0 atom stereocenters. The minimum Gasteiger partial charge on any atom is -0.784 e. The van der Waals surface area contributed by atoms with Gasteiger partial charge in [-0.25, -0.2) is 4.79 Å². The van der Waals surface area contributed by atoms with E-state index in [0.717, 1.165) is 6.08 Å². The maximum absolute atomic E-state index is 9.75. The van der Waals surface area contributed by atoms with Gasteiger partial charge in [-0.05, 0) is 6.92 Å². The second-order valence-electron chi connectivity index (χ2n) is 1.43. The van der Waals surface area contributed by atoms with Crippen molar-refractivity contribution in [3.05, 3.63) is 24.3 Å². The zero-order chi connectivity index (χ0) is 9.98. The van der Waals surface area contributed by atoms with E-state index in [1.165, 1.54) is 6.08 Å². The topological polar surface area (TPSA) is 100 Å². The number of aliphatic carboxylic acids is 1. The molecule has 0 aliphatic heterocycles. The molecule has 0 saturated carbocycles. The van der Waals surface area contributed by atoms with E-state index in [9.17, 15) is 4.79 Å². The first kappa shape index (κ1) is 24.3. The van der Waals surface area contributed by atoms with Crippen LogP contribution in [0.1, 0.15) is 6.92 Å². The van der Waals surface area contributed by atoms with Crippen LogP contribution in [0.2, 0.25) is 0 Å². The molecule has 0 bridgehead atoms. The minimum absolute atomic E-state index is 0. The van der Waals surface area contributed by atoms with Crippen LogP contribution in [0.15, 0.2) is 24.3 Å². The summed E-state index contributed by atoms with van der Waals surface area (Å²) < 4.78 is 25.3. The van der Waals surface area contributed by atoms with Gasteiger partial charge in [0.05, 0.1) is 0 Å². The number of hydrogen-bond donors (Lipinski definition) is 1. The van der Waals surface area contributed by atoms with Gasteiger partial charge in [0.25, 0.3) is 0 Å². The van der Waals surface area contributed by atoms with E-state index in [2.05, 4.69) is 0 Å². The quantitative estimate of drug-likeness (QED) is 0.223. The largest absolute Gasteiger partial charge is 1.00 e. The Hall–Kier alpha value is 1.02. The molecule has 0 aliphatic rings. The maximum atomic E-state index is 9.75. The van der Waals surface area contributed by atoms with Crippen molar-refractivity contribution < 1.29 is 82.3 Å². The molecule has 14 heavy (non-hydrogen) atoms. The molecule has 0 saturated heterocycles. The second kappa shape index (κ2) is 19.6. The third-order valence-corrected chi connectivity index (χ3v) is 0.542. The number of carbonyl (C=O) groups is 1. The van der Waals surface area contributed by atoms with E-state index in [1.54, 1.807) is 12.2 Å². The average molecular weight is 238 g/mol. The van der Waals surface area contributed by atoms with Gasteiger partial charge in [0.1, 0.15) is 0 Å². The molecular formula is C6H8Na2O5S. The normalized spacial score (nSPS) is 8.86. The minimum atomic E-state index is -3.11. The summed E-state index contributed by atoms with van der Waals surface area (Å²) in [4.78, 5) is 9.75. The van der Waals surface area contributed by atoms with Crippen molar-refractivity contribution in [2.45, 2.75) is 6.92 Å². The third kappa shape index (κ3) is 51.9. The average Bonchev–Trinajstić information content (AvgIpc) is 1.86. The van der Waals surface area contributed by atoms with Gasteiger partial charge in [-0.3, -0.25) is 4.21 Å². The third-order valence-electron chi connectivity index (χ3n) is 0.542. The molecule has 70 valence electrons. The summed E-state index contributed by atoms with van der Waals surface area (Å²) >= 11 is -3.11. The maximum Gasteiger partial charge on any atom is 1.00 e. The number of carboxylic acid groups (broad SMARTS) is 1. The van der Waals surface area contributed by atoms with Gasteiger partial charge in [-0.2, -0.15) is 0 Å². The smallest absolute Gasteiger partial charge is 0.784 e. The van der Waals surface area contributed by atoms with Gasteiger partial charge in [0.2, 0.25) is 0 Å². The molecule has 0 aromatic carbocycles. The molecule has 8 heteroatoms. The zero-order valence-electron chi connectivity index (χ0n) is 8.30. The van der Waals surface area contributed by atoms with Crippen LogP contribution < -0.4 is 59.1 Å². The summed E-state index contributed by atoms with van der Waals surface area (Å²) in [5.41, 5.74) is 0. The van der Waals surface area contributed by atoms with Crippen molar-refractivity contribution in [1.29, 1.82) is 0 Å². The fraction of sp³-hybridized carbons (Fsp3) is 0.167. The van der Waals surface area contributed by atoms with Crippen LogP contribution in [-0.2, 0) is 16.2 Å². The fourth-order valence-electron chi connectivity index (χ4n) is 0.249. The van der Waals surface area contributed by atoms with Gasteiger partial charge in [-0.1, -0.05) is 18.2 Å². The van der Waals surface area contributed by atoms with Gasteiger partial charge < -0.3 is 14.2 Å². The Morgan fingerprint density at radius 1 is 1.29 bits per heavy atom. The number of hydrogen-bond acceptors (Lipinski definition) is 4. The van der Waals surface area contributed by atoms with Crippen molar-refractivity contribution in [1.82, 2.24) is 0 Å². The van der Waals surface area contributed by atoms with Crippen molar-refractivity contribution in [2.75, 3.05) is 0 Å². The summed E-state index contributed by atoms with van der Waals surface area (Å²) in [5, 5.41) is 8.02. The van der Waals surface area contributed by atoms with Gasteiger partial charge >= 0.3 is 65.1 Å². The molecule has 0 aromatic rings. The SMILES string of the molecule is C/C=C/C=C/C(=O)O.O=S([O-])[O-].[Na+].[Na+]. The number of carboxylic acids is 1. The number of rotatable bonds is 2. The molecule has 0 rings (SSSR count). The Kier molecular flexibility index (Phi) is 34.0. The Morgan fingerprint density at radius 2 is 1.64 bits per heavy atom. The van der Waals surface area contributed by atoms with Crippen LogP contribution in [0.4, 0.5) is 0 Å². The molecule has 0 aromatic heterocycles. The van der Waals surface area contributed by atoms with E-state index in [4.69, 9.17) is 18.4 Å². The standard InChI is InChI=1S/C6H8O2.2Na.H2O3S/c1-2-3-4-5-6(7)8;;;1-4(2)3/h2-5H,1H3,(H,7,8);;;(H2,1,2,3)/q;2*+1;/p-2/b3-2+,5-4+;;;. The van der Waals surface area contributed by atoms with Crippen molar-refractivity contribution in [3.63, 3.8) is 0 Å². The van der Waals surface area contributed by atoms with E-state index < -0.39 is 17.3 Å². The first-order valence-corrected chi connectivity index (χ1v) is 3.79. The van der Waals surface area contributed by atoms with Gasteiger partial charge in [-0.15, -0.1) is 11.4 Å². The van der Waals surface area contributed by atoms with E-state index in [1.807, 2.05) is 6.92 Å². The molecule has 1 N–H and O–H groups in total. The van der Waals surface area contributed by atoms with Crippen LogP contribution in [-0.4, -0.2) is 24.4 Å². The predicted molar refractivity (Wildman–Crippen MR) is 41.3 cm³/mol. The van der Waals surface area contributed by atoms with Crippen LogP contribution in [0, 0.1) is 0 Å².